The molecule has 0 aliphatic carbocycles. The molecule has 0 aromatic carbocycles. The minimum atomic E-state index is -5.05. The number of carbonyl (C=O) groups excluding carboxylic acids is 1. The summed E-state index contributed by atoms with van der Waals surface area (Å²) >= 11 is 0. The van der Waals surface area contributed by atoms with E-state index in [1.165, 1.54) is 70.6 Å². The van der Waals surface area contributed by atoms with E-state index in [0.29, 0.717) is 13.0 Å². The summed E-state index contributed by atoms with van der Waals surface area (Å²) in [5, 5.41) is 30.4. The van der Waals surface area contributed by atoms with Crippen molar-refractivity contribution < 1.29 is 56.2 Å². The molecule has 12 nitrogen and oxygen atoms in total. The third kappa shape index (κ3) is 24.2. The second-order valence-corrected chi connectivity index (χ2v) is 14.6. The molecule has 0 amide bonds. The predicted molar refractivity (Wildman–Crippen MR) is 193 cm³/mol. The molecule has 0 spiro atoms. The number of ether oxygens (including phenoxy) is 4. The highest BCUT2D eigenvalue weighted by atomic mass is 32.3. The summed E-state index contributed by atoms with van der Waals surface area (Å²) in [6.45, 7) is 3.89. The first-order valence-electron chi connectivity index (χ1n) is 19.4. The highest BCUT2D eigenvalue weighted by molar-refractivity contribution is 7.80. The highest BCUT2D eigenvalue weighted by Crippen LogP contribution is 2.26. The van der Waals surface area contributed by atoms with Gasteiger partial charge in [-0.3, -0.25) is 9.35 Å². The second kappa shape index (κ2) is 30.3. The average molecular weight is 739 g/mol. The van der Waals surface area contributed by atoms with Gasteiger partial charge >= 0.3 is 16.4 Å². The number of aliphatic hydroxyl groups excluding tert-OH is 3. The van der Waals surface area contributed by atoms with E-state index in [1.54, 1.807) is 0 Å². The Balaban J connectivity index is 2.41. The minimum Gasteiger partial charge on any atom is -0.457 e. The Morgan fingerprint density at radius 2 is 1.26 bits per heavy atom. The van der Waals surface area contributed by atoms with Crippen LogP contribution in [-0.4, -0.2) is 97.5 Å². The zero-order valence-corrected chi connectivity index (χ0v) is 31.8. The molecule has 6 atom stereocenters. The molecule has 1 saturated heterocycles. The van der Waals surface area contributed by atoms with Gasteiger partial charge < -0.3 is 34.3 Å². The van der Waals surface area contributed by atoms with Crippen molar-refractivity contribution in [3.63, 3.8) is 0 Å². The van der Waals surface area contributed by atoms with Crippen molar-refractivity contribution in [1.82, 2.24) is 0 Å². The fourth-order valence-corrected chi connectivity index (χ4v) is 6.41. The number of hydrogen-bond donors (Lipinski definition) is 4. The van der Waals surface area contributed by atoms with Crippen LogP contribution in [0.25, 0.3) is 0 Å². The molecule has 1 heterocycles. The van der Waals surface area contributed by atoms with Crippen molar-refractivity contribution in [2.45, 2.75) is 192 Å². The Labute approximate surface area is 302 Å². The molecule has 4 N–H and O–H groups in total. The Hall–Kier alpha value is -1.16. The van der Waals surface area contributed by atoms with Gasteiger partial charge in [-0.25, -0.2) is 4.18 Å². The van der Waals surface area contributed by atoms with Crippen molar-refractivity contribution in [1.29, 1.82) is 0 Å². The third-order valence-electron chi connectivity index (χ3n) is 8.89. The van der Waals surface area contributed by atoms with E-state index in [9.17, 15) is 28.5 Å². The molecule has 1 fully saturated rings. The Morgan fingerprint density at radius 1 is 0.740 bits per heavy atom. The van der Waals surface area contributed by atoms with Crippen LogP contribution in [0.15, 0.2) is 12.2 Å². The van der Waals surface area contributed by atoms with Crippen LogP contribution in [0.2, 0.25) is 0 Å². The molecule has 0 aromatic heterocycles. The summed E-state index contributed by atoms with van der Waals surface area (Å²) in [6, 6.07) is 0. The average Bonchev–Trinajstić information content (AvgIpc) is 3.08. The van der Waals surface area contributed by atoms with Gasteiger partial charge in [-0.05, 0) is 38.5 Å². The topological polar surface area (TPSA) is 178 Å². The summed E-state index contributed by atoms with van der Waals surface area (Å²) in [6.07, 6.45) is 20.1. The predicted octanol–water partition coefficient (Wildman–Crippen LogP) is 6.74. The Bertz CT molecular complexity index is 947. The molecular formula is C37H70O12S. The van der Waals surface area contributed by atoms with E-state index in [-0.39, 0.29) is 19.6 Å². The number of unbranched alkanes of at least 4 members (excludes halogenated alkanes) is 18. The monoisotopic (exact) mass is 738 g/mol. The smallest absolute Gasteiger partial charge is 0.397 e. The molecule has 0 aromatic rings. The molecule has 1 aliphatic rings. The zero-order valence-electron chi connectivity index (χ0n) is 31.0. The molecule has 6 unspecified atom stereocenters. The van der Waals surface area contributed by atoms with Gasteiger partial charge in [-0.2, -0.15) is 8.42 Å². The van der Waals surface area contributed by atoms with E-state index < -0.39 is 59.8 Å². The standard InChI is InChI=1S/C37H70O12S/c1-3-5-7-9-11-12-13-14-15-16-17-18-19-20-21-23-25-27-45-29-31(47-33(39)26-24-22-10-8-6-4-2)30-46-37-35(41)36(49-50(42,43)44)34(40)32(28-38)48-37/h15-16,31-32,34-38,40-41H,3-14,17-30H2,1-2H3,(H,42,43,44)/b16-15-. The van der Waals surface area contributed by atoms with Crippen molar-refractivity contribution in [3.8, 4) is 0 Å². The van der Waals surface area contributed by atoms with Gasteiger partial charge in [0.2, 0.25) is 0 Å². The van der Waals surface area contributed by atoms with Crippen LogP contribution in [-0.2, 0) is 38.3 Å². The number of allylic oxidation sites excluding steroid dienone is 2. The van der Waals surface area contributed by atoms with Gasteiger partial charge in [-0.15, -0.1) is 0 Å². The summed E-state index contributed by atoms with van der Waals surface area (Å²) in [4.78, 5) is 12.6. The Morgan fingerprint density at radius 3 is 1.80 bits per heavy atom. The lowest BCUT2D eigenvalue weighted by atomic mass is 9.99. The molecule has 50 heavy (non-hydrogen) atoms. The van der Waals surface area contributed by atoms with E-state index in [1.807, 2.05) is 0 Å². The maximum atomic E-state index is 12.6. The molecule has 1 rings (SSSR count). The van der Waals surface area contributed by atoms with Crippen LogP contribution >= 0.6 is 0 Å². The summed E-state index contributed by atoms with van der Waals surface area (Å²) < 4.78 is 58.6. The molecule has 0 bridgehead atoms. The highest BCUT2D eigenvalue weighted by Gasteiger charge is 2.48. The number of hydrogen-bond acceptors (Lipinski definition) is 11. The zero-order chi connectivity index (χ0) is 36.9. The van der Waals surface area contributed by atoms with Gasteiger partial charge in [0.1, 0.15) is 30.5 Å². The van der Waals surface area contributed by atoms with Gasteiger partial charge in [-0.1, -0.05) is 122 Å². The lowest BCUT2D eigenvalue weighted by molar-refractivity contribution is -0.301. The third-order valence-corrected chi connectivity index (χ3v) is 9.35. The quantitative estimate of drug-likeness (QED) is 0.0242. The molecule has 296 valence electrons. The number of carbonyl (C=O) groups is 1. The van der Waals surface area contributed by atoms with Gasteiger partial charge in [0, 0.05) is 13.0 Å². The van der Waals surface area contributed by atoms with Crippen molar-refractivity contribution in [3.05, 3.63) is 12.2 Å². The maximum Gasteiger partial charge on any atom is 0.397 e. The lowest BCUT2D eigenvalue weighted by Crippen LogP contribution is -2.60. The van der Waals surface area contributed by atoms with Gasteiger partial charge in [0.25, 0.3) is 0 Å². The molecular weight excluding hydrogens is 668 g/mol. The second-order valence-electron chi connectivity index (χ2n) is 13.5. The van der Waals surface area contributed by atoms with E-state index >= 15 is 0 Å². The Kier molecular flexibility index (Phi) is 28.4. The molecule has 1 aliphatic heterocycles. The van der Waals surface area contributed by atoms with Crippen LogP contribution in [0, 0.1) is 0 Å². The normalized spacial score (nSPS) is 21.9. The van der Waals surface area contributed by atoms with E-state index in [0.717, 1.165) is 57.8 Å². The SMILES string of the molecule is CCCCCCCCC/C=C\CCCCCCCCOCC(COC1OC(CO)C(O)C(OS(=O)(=O)O)C1O)OC(=O)CCCCCCCC. The lowest BCUT2D eigenvalue weighted by Gasteiger charge is -2.41. The van der Waals surface area contributed by atoms with Crippen LogP contribution < -0.4 is 0 Å². The van der Waals surface area contributed by atoms with Crippen LogP contribution in [0.4, 0.5) is 0 Å². The van der Waals surface area contributed by atoms with Gasteiger partial charge in [0.15, 0.2) is 6.29 Å². The van der Waals surface area contributed by atoms with Crippen molar-refractivity contribution in [2.24, 2.45) is 0 Å². The van der Waals surface area contributed by atoms with Crippen molar-refractivity contribution in [2.75, 3.05) is 26.4 Å². The number of esters is 1. The first-order chi connectivity index (χ1) is 24.1. The summed E-state index contributed by atoms with van der Waals surface area (Å²) in [7, 11) is -5.05. The molecule has 0 radical (unpaired) electrons. The van der Waals surface area contributed by atoms with E-state index in [4.69, 9.17) is 23.5 Å². The minimum absolute atomic E-state index is 0.0350. The largest absolute Gasteiger partial charge is 0.457 e. The maximum absolute atomic E-state index is 12.6. The fourth-order valence-electron chi connectivity index (χ4n) is 5.90. The first-order valence-corrected chi connectivity index (χ1v) is 20.8. The molecule has 0 saturated carbocycles. The molecule has 13 heteroatoms. The number of aliphatic hydroxyl groups is 3. The van der Waals surface area contributed by atoms with Crippen LogP contribution in [0.1, 0.15) is 155 Å². The first kappa shape index (κ1) is 46.9. The van der Waals surface area contributed by atoms with E-state index in [2.05, 4.69) is 30.2 Å². The van der Waals surface area contributed by atoms with Gasteiger partial charge in [0.05, 0.1) is 19.8 Å². The van der Waals surface area contributed by atoms with Crippen LogP contribution in [0.5, 0.6) is 0 Å². The van der Waals surface area contributed by atoms with Crippen LogP contribution in [0.3, 0.4) is 0 Å². The summed E-state index contributed by atoms with van der Waals surface area (Å²) in [5.41, 5.74) is 0. The van der Waals surface area contributed by atoms with Crippen molar-refractivity contribution >= 4 is 16.4 Å². The fraction of sp³-hybridized carbons (Fsp3) is 0.919. The summed E-state index contributed by atoms with van der Waals surface area (Å²) in [5.74, 6) is -0.410. The number of rotatable bonds is 33.